The number of benzene rings is 1. The summed E-state index contributed by atoms with van der Waals surface area (Å²) in [7, 11) is 0. The fourth-order valence-electron chi connectivity index (χ4n) is 7.20. The smallest absolute Gasteiger partial charge is 0.312 e. The van der Waals surface area contributed by atoms with Gasteiger partial charge in [-0.2, -0.15) is 0 Å². The van der Waals surface area contributed by atoms with Crippen molar-refractivity contribution >= 4 is 17.8 Å². The molecular weight excluding hydrogens is 472 g/mol. The number of aliphatic hydroxyl groups excluding tert-OH is 1. The van der Waals surface area contributed by atoms with E-state index < -0.39 is 47.1 Å². The number of nitrogens with zero attached hydrogens (tertiary/aromatic N) is 1. The van der Waals surface area contributed by atoms with Crippen molar-refractivity contribution in [1.82, 2.24) is 10.2 Å². The van der Waals surface area contributed by atoms with Crippen LogP contribution < -0.4 is 5.32 Å². The van der Waals surface area contributed by atoms with Crippen LogP contribution in [0.25, 0.3) is 0 Å². The number of nitrogens with one attached hydrogen (secondary N) is 1. The van der Waals surface area contributed by atoms with E-state index in [2.05, 4.69) is 26.1 Å². The Morgan fingerprint density at radius 1 is 1.22 bits per heavy atom. The number of esters is 1. The molecule has 0 radical (unpaired) electrons. The maximum absolute atomic E-state index is 14.1. The first-order valence-electron chi connectivity index (χ1n) is 13.5. The molecule has 1 aromatic carbocycles. The van der Waals surface area contributed by atoms with Crippen LogP contribution in [0.1, 0.15) is 66.4 Å². The monoisotopic (exact) mass is 514 g/mol. The predicted molar refractivity (Wildman–Crippen MR) is 138 cm³/mol. The van der Waals surface area contributed by atoms with Crippen LogP contribution in [-0.4, -0.2) is 70.3 Å². The second-order valence-corrected chi connectivity index (χ2v) is 12.7. The van der Waals surface area contributed by atoms with Crippen LogP contribution in [0.2, 0.25) is 0 Å². The summed E-state index contributed by atoms with van der Waals surface area (Å²) >= 11 is 0. The van der Waals surface area contributed by atoms with Gasteiger partial charge < -0.3 is 24.8 Å². The molecule has 6 atom stereocenters. The number of amides is 2. The van der Waals surface area contributed by atoms with Crippen molar-refractivity contribution in [2.24, 2.45) is 17.3 Å². The maximum Gasteiger partial charge on any atom is 0.312 e. The molecular formula is C29H42N2O6. The molecule has 2 unspecified atom stereocenters. The first-order chi connectivity index (χ1) is 17.3. The van der Waals surface area contributed by atoms with Crippen molar-refractivity contribution in [2.75, 3.05) is 13.2 Å². The van der Waals surface area contributed by atoms with Gasteiger partial charge in [-0.05, 0) is 57.4 Å². The highest BCUT2D eigenvalue weighted by molar-refractivity contribution is 5.98. The molecule has 3 heterocycles. The van der Waals surface area contributed by atoms with Gasteiger partial charge in [-0.15, -0.1) is 0 Å². The number of hydrogen-bond donors (Lipinski definition) is 2. The molecule has 3 fully saturated rings. The molecule has 3 saturated heterocycles. The minimum absolute atomic E-state index is 0.0267. The highest BCUT2D eigenvalue weighted by atomic mass is 16.6. The molecule has 1 aromatic rings. The molecule has 37 heavy (non-hydrogen) atoms. The van der Waals surface area contributed by atoms with Gasteiger partial charge in [0.15, 0.2) is 0 Å². The number of aliphatic hydroxyl groups is 1. The molecule has 4 rings (SSSR count). The fourth-order valence-corrected chi connectivity index (χ4v) is 7.20. The molecule has 0 saturated carbocycles. The summed E-state index contributed by atoms with van der Waals surface area (Å²) < 4.78 is 11.8. The Bertz CT molecular complexity index is 1020. The highest BCUT2D eigenvalue weighted by Gasteiger charge is 2.75. The van der Waals surface area contributed by atoms with E-state index in [4.69, 9.17) is 9.47 Å². The Labute approximate surface area is 220 Å². The first kappa shape index (κ1) is 27.6. The molecule has 2 N–H and O–H groups in total. The average Bonchev–Trinajstić information content (AvgIpc) is 3.43. The number of carbonyl (C=O) groups is 3. The van der Waals surface area contributed by atoms with Gasteiger partial charge in [-0.1, -0.05) is 51.1 Å². The summed E-state index contributed by atoms with van der Waals surface area (Å²) in [5, 5.41) is 13.7. The average molecular weight is 515 g/mol. The van der Waals surface area contributed by atoms with Crippen LogP contribution in [0.4, 0.5) is 0 Å². The van der Waals surface area contributed by atoms with E-state index in [0.717, 1.165) is 12.0 Å². The van der Waals surface area contributed by atoms with Gasteiger partial charge in [0.1, 0.15) is 11.6 Å². The lowest BCUT2D eigenvalue weighted by Crippen LogP contribution is -2.61. The van der Waals surface area contributed by atoms with E-state index in [1.54, 1.807) is 6.92 Å². The zero-order chi connectivity index (χ0) is 27.2. The molecule has 8 nitrogen and oxygen atoms in total. The molecule has 204 valence electrons. The van der Waals surface area contributed by atoms with Gasteiger partial charge in [0.25, 0.3) is 0 Å². The lowest BCUT2D eigenvalue weighted by atomic mass is 9.70. The largest absolute Gasteiger partial charge is 0.466 e. The fraction of sp³-hybridized carbons (Fsp3) is 0.690. The van der Waals surface area contributed by atoms with Crippen LogP contribution in [-0.2, 0) is 30.3 Å². The van der Waals surface area contributed by atoms with Gasteiger partial charge in [-0.25, -0.2) is 0 Å². The number of hydrogen-bond acceptors (Lipinski definition) is 6. The summed E-state index contributed by atoms with van der Waals surface area (Å²) in [6.07, 6.45) is 1.75. The Hall–Kier alpha value is -2.45. The van der Waals surface area contributed by atoms with Crippen molar-refractivity contribution < 1.29 is 29.0 Å². The van der Waals surface area contributed by atoms with Crippen LogP contribution in [0.3, 0.4) is 0 Å². The number of carbonyl (C=O) groups excluding carboxylic acids is 3. The standard InChI is InChI=1S/C29H42N2O6/c1-7-36-26(35)21-20-13-14-29(37-20)22(21)25(34)31(19(16-32)15-18-11-9-8-10-12-18)23(29)24(33)30-28(5,6)17-27(2,3)4/h8-12,19-23,32H,7,13-17H2,1-6H3,(H,30,33)/t19-,20-,21+,22+,23?,29?/m1/s1. The quantitative estimate of drug-likeness (QED) is 0.491. The third kappa shape index (κ3) is 5.15. The molecule has 0 aromatic heterocycles. The zero-order valence-electron chi connectivity index (χ0n) is 23.0. The van der Waals surface area contributed by atoms with Crippen molar-refractivity contribution in [3.8, 4) is 0 Å². The van der Waals surface area contributed by atoms with Gasteiger partial charge in [0, 0.05) is 5.54 Å². The summed E-state index contributed by atoms with van der Waals surface area (Å²) in [4.78, 5) is 42.8. The first-order valence-corrected chi connectivity index (χ1v) is 13.5. The minimum atomic E-state index is -1.12. The van der Waals surface area contributed by atoms with Crippen molar-refractivity contribution in [2.45, 2.75) is 96.6 Å². The molecule has 2 bridgehead atoms. The molecule has 3 aliphatic rings. The van der Waals surface area contributed by atoms with Crippen molar-refractivity contribution in [3.63, 3.8) is 0 Å². The van der Waals surface area contributed by atoms with E-state index >= 15 is 0 Å². The number of likely N-dealkylation sites (tertiary alicyclic amines) is 1. The highest BCUT2D eigenvalue weighted by Crippen LogP contribution is 2.59. The summed E-state index contributed by atoms with van der Waals surface area (Å²) in [6, 6.07) is 8.01. The van der Waals surface area contributed by atoms with Gasteiger partial charge in [-0.3, -0.25) is 14.4 Å². The molecule has 2 amide bonds. The van der Waals surface area contributed by atoms with E-state index in [1.165, 1.54) is 4.90 Å². The van der Waals surface area contributed by atoms with E-state index in [0.29, 0.717) is 19.3 Å². The maximum atomic E-state index is 14.1. The van der Waals surface area contributed by atoms with Crippen LogP contribution in [0.5, 0.6) is 0 Å². The van der Waals surface area contributed by atoms with Crippen LogP contribution in [0, 0.1) is 17.3 Å². The van der Waals surface area contributed by atoms with Gasteiger partial charge in [0.2, 0.25) is 11.8 Å². The minimum Gasteiger partial charge on any atom is -0.466 e. The van der Waals surface area contributed by atoms with Gasteiger partial charge >= 0.3 is 5.97 Å². The van der Waals surface area contributed by atoms with Crippen LogP contribution >= 0.6 is 0 Å². The zero-order valence-corrected chi connectivity index (χ0v) is 23.0. The van der Waals surface area contributed by atoms with Gasteiger partial charge in [0.05, 0.1) is 37.2 Å². The summed E-state index contributed by atoms with van der Waals surface area (Å²) in [5.74, 6) is -2.63. The predicted octanol–water partition coefficient (Wildman–Crippen LogP) is 2.86. The van der Waals surface area contributed by atoms with E-state index in [-0.39, 0.29) is 30.4 Å². The Kier molecular flexibility index (Phi) is 7.47. The molecule has 8 heteroatoms. The second kappa shape index (κ2) is 10.0. The molecule has 3 aliphatic heterocycles. The van der Waals surface area contributed by atoms with E-state index in [9.17, 15) is 19.5 Å². The number of ether oxygens (including phenoxy) is 2. The molecule has 0 aliphatic carbocycles. The van der Waals surface area contributed by atoms with E-state index in [1.807, 2.05) is 44.2 Å². The summed E-state index contributed by atoms with van der Waals surface area (Å²) in [5.41, 5.74) is -0.737. The van der Waals surface area contributed by atoms with Crippen molar-refractivity contribution in [1.29, 1.82) is 0 Å². The van der Waals surface area contributed by atoms with Crippen LogP contribution in [0.15, 0.2) is 30.3 Å². The normalized spacial score (nSPS) is 29.8. The Morgan fingerprint density at radius 3 is 2.49 bits per heavy atom. The molecule has 1 spiro atoms. The third-order valence-corrected chi connectivity index (χ3v) is 7.90. The second-order valence-electron chi connectivity index (χ2n) is 12.7. The Balaban J connectivity index is 1.73. The topological polar surface area (TPSA) is 105 Å². The number of rotatable bonds is 9. The Morgan fingerprint density at radius 2 is 1.89 bits per heavy atom. The lowest BCUT2D eigenvalue weighted by Gasteiger charge is -2.40. The number of fused-ring (bicyclic) bond motifs is 1. The van der Waals surface area contributed by atoms with Crippen molar-refractivity contribution in [3.05, 3.63) is 35.9 Å². The SMILES string of the molecule is CCOC(=O)[C@@H]1[C@H]2C(=O)N([C@@H](CO)Cc3ccccc3)C(C(=O)NC(C)(C)CC(C)(C)C)C23CC[C@H]1O3. The lowest BCUT2D eigenvalue weighted by molar-refractivity contribution is -0.155. The summed E-state index contributed by atoms with van der Waals surface area (Å²) in [6.45, 7) is 11.9. The third-order valence-electron chi connectivity index (χ3n) is 7.90.